The zero-order valence-corrected chi connectivity index (χ0v) is 12.0. The number of piperazine rings is 1. The van der Waals surface area contributed by atoms with Crippen molar-refractivity contribution in [3.8, 4) is 0 Å². The Hall–Kier alpha value is -0.860. The highest BCUT2D eigenvalue weighted by molar-refractivity contribution is 5.20. The van der Waals surface area contributed by atoms with Crippen molar-refractivity contribution in [2.24, 2.45) is 5.92 Å². The van der Waals surface area contributed by atoms with Crippen LogP contribution in [-0.2, 0) is 0 Å². The quantitative estimate of drug-likeness (QED) is 0.872. The summed E-state index contributed by atoms with van der Waals surface area (Å²) in [4.78, 5) is 2.76. The maximum absolute atomic E-state index is 3.77. The third-order valence-electron chi connectivity index (χ3n) is 4.63. The molecule has 2 aliphatic rings. The number of nitrogens with zero attached hydrogens (tertiary/aromatic N) is 1. The second-order valence-electron chi connectivity index (χ2n) is 6.12. The molecule has 2 unspecified atom stereocenters. The van der Waals surface area contributed by atoms with Crippen LogP contribution in [-0.4, -0.2) is 30.6 Å². The second kappa shape index (κ2) is 6.06. The SMILES string of the molecule is CCCCN1CC(c2ccccc2)NCC1C1CC1. The lowest BCUT2D eigenvalue weighted by molar-refractivity contribution is 0.113. The molecular formula is C17H26N2. The monoisotopic (exact) mass is 258 g/mol. The number of benzene rings is 1. The molecule has 1 aromatic carbocycles. The van der Waals surface area contributed by atoms with E-state index in [4.69, 9.17) is 0 Å². The van der Waals surface area contributed by atoms with E-state index in [9.17, 15) is 0 Å². The van der Waals surface area contributed by atoms with Crippen molar-refractivity contribution in [2.45, 2.75) is 44.7 Å². The maximum Gasteiger partial charge on any atom is 0.0449 e. The topological polar surface area (TPSA) is 15.3 Å². The third kappa shape index (κ3) is 3.18. The summed E-state index contributed by atoms with van der Waals surface area (Å²) < 4.78 is 0. The first kappa shape index (κ1) is 13.1. The maximum atomic E-state index is 3.77. The molecule has 0 amide bonds. The predicted octanol–water partition coefficient (Wildman–Crippen LogP) is 3.21. The van der Waals surface area contributed by atoms with Crippen LogP contribution in [0.5, 0.6) is 0 Å². The van der Waals surface area contributed by atoms with E-state index in [0.717, 1.165) is 12.0 Å². The molecule has 104 valence electrons. The molecule has 1 aromatic rings. The number of unbranched alkanes of at least 4 members (excludes halogenated alkanes) is 1. The van der Waals surface area contributed by atoms with E-state index in [1.54, 1.807) is 0 Å². The Balaban J connectivity index is 1.66. The predicted molar refractivity (Wildman–Crippen MR) is 80.2 cm³/mol. The molecule has 0 bridgehead atoms. The van der Waals surface area contributed by atoms with Crippen LogP contribution in [0.4, 0.5) is 0 Å². The Bertz CT molecular complexity index is 386. The van der Waals surface area contributed by atoms with Gasteiger partial charge in [0.1, 0.15) is 0 Å². The molecular weight excluding hydrogens is 232 g/mol. The Labute approximate surface area is 117 Å². The average Bonchev–Trinajstić information content (AvgIpc) is 3.30. The lowest BCUT2D eigenvalue weighted by atomic mass is 9.99. The molecule has 2 atom stereocenters. The first-order valence-corrected chi connectivity index (χ1v) is 7.91. The van der Waals surface area contributed by atoms with E-state index >= 15 is 0 Å². The molecule has 1 heterocycles. The molecule has 1 aliphatic heterocycles. The standard InChI is InChI=1S/C17H26N2/c1-2-3-11-19-13-16(14-7-5-4-6-8-14)18-12-17(19)15-9-10-15/h4-8,15-18H,2-3,9-13H2,1H3. The van der Waals surface area contributed by atoms with Gasteiger partial charge in [0.05, 0.1) is 0 Å². The van der Waals surface area contributed by atoms with Gasteiger partial charge in [-0.3, -0.25) is 4.90 Å². The summed E-state index contributed by atoms with van der Waals surface area (Å²) in [6, 6.07) is 12.2. The fourth-order valence-corrected chi connectivity index (χ4v) is 3.30. The van der Waals surface area contributed by atoms with Crippen molar-refractivity contribution in [1.82, 2.24) is 10.2 Å². The van der Waals surface area contributed by atoms with Crippen molar-refractivity contribution in [2.75, 3.05) is 19.6 Å². The van der Waals surface area contributed by atoms with Crippen molar-refractivity contribution in [1.29, 1.82) is 0 Å². The van der Waals surface area contributed by atoms with E-state index in [1.807, 2.05) is 0 Å². The van der Waals surface area contributed by atoms with Gasteiger partial charge in [0.15, 0.2) is 0 Å². The minimum atomic E-state index is 0.521. The highest BCUT2D eigenvalue weighted by Gasteiger charge is 2.38. The van der Waals surface area contributed by atoms with Gasteiger partial charge in [0.25, 0.3) is 0 Å². The molecule has 2 nitrogen and oxygen atoms in total. The summed E-state index contributed by atoms with van der Waals surface area (Å²) >= 11 is 0. The average molecular weight is 258 g/mol. The van der Waals surface area contributed by atoms with Crippen LogP contribution >= 0.6 is 0 Å². The van der Waals surface area contributed by atoms with Gasteiger partial charge in [-0.1, -0.05) is 43.7 Å². The summed E-state index contributed by atoms with van der Waals surface area (Å²) in [6.45, 7) is 5.94. The van der Waals surface area contributed by atoms with Crippen LogP contribution in [0.2, 0.25) is 0 Å². The lowest BCUT2D eigenvalue weighted by Crippen LogP contribution is -2.53. The zero-order chi connectivity index (χ0) is 13.1. The molecule has 0 aromatic heterocycles. The van der Waals surface area contributed by atoms with Gasteiger partial charge in [-0.15, -0.1) is 0 Å². The minimum Gasteiger partial charge on any atom is -0.307 e. The Morgan fingerprint density at radius 1 is 1.21 bits per heavy atom. The number of rotatable bonds is 5. The van der Waals surface area contributed by atoms with E-state index in [-0.39, 0.29) is 0 Å². The molecule has 1 saturated heterocycles. The molecule has 2 heteroatoms. The lowest BCUT2D eigenvalue weighted by Gasteiger charge is -2.41. The van der Waals surface area contributed by atoms with E-state index in [0.29, 0.717) is 6.04 Å². The van der Waals surface area contributed by atoms with E-state index in [2.05, 4.69) is 47.5 Å². The summed E-state index contributed by atoms with van der Waals surface area (Å²) in [6.07, 6.45) is 5.54. The molecule has 1 aliphatic carbocycles. The third-order valence-corrected chi connectivity index (χ3v) is 4.63. The highest BCUT2D eigenvalue weighted by Crippen LogP contribution is 2.37. The Morgan fingerprint density at radius 2 is 2.00 bits per heavy atom. The van der Waals surface area contributed by atoms with E-state index in [1.165, 1.54) is 50.9 Å². The summed E-state index contributed by atoms with van der Waals surface area (Å²) in [7, 11) is 0. The van der Waals surface area contributed by atoms with Gasteiger partial charge < -0.3 is 5.32 Å². The first-order valence-electron chi connectivity index (χ1n) is 7.91. The van der Waals surface area contributed by atoms with Crippen molar-refractivity contribution < 1.29 is 0 Å². The molecule has 1 saturated carbocycles. The van der Waals surface area contributed by atoms with Gasteiger partial charge in [-0.25, -0.2) is 0 Å². The van der Waals surface area contributed by atoms with Gasteiger partial charge in [0, 0.05) is 25.2 Å². The van der Waals surface area contributed by atoms with Crippen LogP contribution in [0.15, 0.2) is 30.3 Å². The van der Waals surface area contributed by atoms with Gasteiger partial charge in [-0.05, 0) is 37.3 Å². The fourth-order valence-electron chi connectivity index (χ4n) is 3.30. The molecule has 19 heavy (non-hydrogen) atoms. The van der Waals surface area contributed by atoms with Crippen LogP contribution < -0.4 is 5.32 Å². The van der Waals surface area contributed by atoms with Gasteiger partial charge in [0.2, 0.25) is 0 Å². The molecule has 3 rings (SSSR count). The molecule has 1 N–H and O–H groups in total. The number of hydrogen-bond acceptors (Lipinski definition) is 2. The highest BCUT2D eigenvalue weighted by atomic mass is 15.2. The number of hydrogen-bond donors (Lipinski definition) is 1. The summed E-state index contributed by atoms with van der Waals surface area (Å²) in [5.41, 5.74) is 1.44. The second-order valence-corrected chi connectivity index (χ2v) is 6.12. The van der Waals surface area contributed by atoms with Crippen molar-refractivity contribution in [3.05, 3.63) is 35.9 Å². The molecule has 0 radical (unpaired) electrons. The van der Waals surface area contributed by atoms with Crippen molar-refractivity contribution in [3.63, 3.8) is 0 Å². The first-order chi connectivity index (χ1) is 9.38. The van der Waals surface area contributed by atoms with Crippen LogP contribution in [0, 0.1) is 5.92 Å². The largest absolute Gasteiger partial charge is 0.307 e. The smallest absolute Gasteiger partial charge is 0.0449 e. The Kier molecular flexibility index (Phi) is 4.19. The van der Waals surface area contributed by atoms with Gasteiger partial charge in [-0.2, -0.15) is 0 Å². The normalized spacial score (nSPS) is 28.5. The Morgan fingerprint density at radius 3 is 2.68 bits per heavy atom. The van der Waals surface area contributed by atoms with Gasteiger partial charge >= 0.3 is 0 Å². The molecule has 2 fully saturated rings. The summed E-state index contributed by atoms with van der Waals surface area (Å²) in [5, 5.41) is 3.77. The van der Waals surface area contributed by atoms with Crippen LogP contribution in [0.25, 0.3) is 0 Å². The fraction of sp³-hybridized carbons (Fsp3) is 0.647. The summed E-state index contributed by atoms with van der Waals surface area (Å²) in [5.74, 6) is 0.973. The zero-order valence-electron chi connectivity index (χ0n) is 12.0. The van der Waals surface area contributed by atoms with Crippen LogP contribution in [0.3, 0.4) is 0 Å². The minimum absolute atomic E-state index is 0.521. The molecule has 0 spiro atoms. The van der Waals surface area contributed by atoms with Crippen LogP contribution in [0.1, 0.15) is 44.2 Å². The van der Waals surface area contributed by atoms with E-state index < -0.39 is 0 Å². The number of nitrogens with one attached hydrogen (secondary N) is 1. The van der Waals surface area contributed by atoms with Crippen molar-refractivity contribution >= 4 is 0 Å².